The molecule has 0 fully saturated rings. The van der Waals surface area contributed by atoms with Crippen LogP contribution in [0.2, 0.25) is 0 Å². The van der Waals surface area contributed by atoms with E-state index < -0.39 is 10.0 Å². The van der Waals surface area contributed by atoms with Crippen molar-refractivity contribution in [3.63, 3.8) is 0 Å². The molecule has 0 aliphatic heterocycles. The second-order valence-corrected chi connectivity index (χ2v) is 7.10. The smallest absolute Gasteiger partial charge is 0.275 e. The number of rotatable bonds is 3. The number of nitrogens with zero attached hydrogens (tertiary/aromatic N) is 5. The number of aryl methyl sites for hydroxylation is 1. The average Bonchev–Trinajstić information content (AvgIpc) is 3.21. The molecule has 0 saturated carbocycles. The molecular formula is C16H13N5O2S. The Kier molecular flexibility index (Phi) is 3.20. The van der Waals surface area contributed by atoms with E-state index in [9.17, 15) is 8.42 Å². The van der Waals surface area contributed by atoms with Gasteiger partial charge in [0.25, 0.3) is 10.0 Å². The van der Waals surface area contributed by atoms with Crippen molar-refractivity contribution in [2.45, 2.75) is 4.90 Å². The molecule has 0 aliphatic carbocycles. The molecule has 0 aliphatic rings. The van der Waals surface area contributed by atoms with Gasteiger partial charge in [-0.1, -0.05) is 18.2 Å². The highest BCUT2D eigenvalue weighted by Crippen LogP contribution is 2.24. The predicted octanol–water partition coefficient (Wildman–Crippen LogP) is 2.07. The van der Waals surface area contributed by atoms with Crippen LogP contribution in [0.4, 0.5) is 0 Å². The SMILES string of the molecule is Cn1cc(-c2cnc3cnn(S(=O)(=O)c4ccccc4)c3c2)cn1. The summed E-state index contributed by atoms with van der Waals surface area (Å²) in [4.78, 5) is 4.49. The van der Waals surface area contributed by atoms with Crippen molar-refractivity contribution in [2.24, 2.45) is 7.05 Å². The monoisotopic (exact) mass is 339 g/mol. The third kappa shape index (κ3) is 2.28. The summed E-state index contributed by atoms with van der Waals surface area (Å²) in [5.41, 5.74) is 2.58. The van der Waals surface area contributed by atoms with Crippen LogP contribution in [0.5, 0.6) is 0 Å². The topological polar surface area (TPSA) is 82.7 Å². The Hall–Kier alpha value is -3.00. The minimum absolute atomic E-state index is 0.182. The third-order valence-corrected chi connectivity index (χ3v) is 5.31. The van der Waals surface area contributed by atoms with E-state index in [4.69, 9.17) is 0 Å². The Morgan fingerprint density at radius 1 is 0.958 bits per heavy atom. The summed E-state index contributed by atoms with van der Waals surface area (Å²) in [7, 11) is -1.95. The second-order valence-electron chi connectivity index (χ2n) is 5.34. The summed E-state index contributed by atoms with van der Waals surface area (Å²) in [5, 5.41) is 8.16. The molecule has 4 aromatic rings. The van der Waals surface area contributed by atoms with Crippen LogP contribution >= 0.6 is 0 Å². The molecule has 0 saturated heterocycles. The molecule has 3 heterocycles. The molecule has 3 aromatic heterocycles. The van der Waals surface area contributed by atoms with Crippen molar-refractivity contribution in [1.82, 2.24) is 24.0 Å². The first-order valence-electron chi connectivity index (χ1n) is 7.19. The van der Waals surface area contributed by atoms with Gasteiger partial charge in [-0.2, -0.15) is 22.7 Å². The third-order valence-electron chi connectivity index (χ3n) is 3.70. The van der Waals surface area contributed by atoms with Crippen molar-refractivity contribution >= 4 is 21.1 Å². The fraction of sp³-hybridized carbons (Fsp3) is 0.0625. The van der Waals surface area contributed by atoms with Crippen LogP contribution in [-0.2, 0) is 17.1 Å². The normalized spacial score (nSPS) is 11.9. The van der Waals surface area contributed by atoms with E-state index in [2.05, 4.69) is 15.2 Å². The lowest BCUT2D eigenvalue weighted by Crippen LogP contribution is -2.14. The van der Waals surface area contributed by atoms with Crippen molar-refractivity contribution in [3.05, 3.63) is 61.2 Å². The minimum Gasteiger partial charge on any atom is -0.275 e. The summed E-state index contributed by atoms with van der Waals surface area (Å²) < 4.78 is 28.3. The Labute approximate surface area is 138 Å². The lowest BCUT2D eigenvalue weighted by molar-refractivity contribution is 0.582. The van der Waals surface area contributed by atoms with Crippen LogP contribution in [0, 0.1) is 0 Å². The van der Waals surface area contributed by atoms with Gasteiger partial charge >= 0.3 is 0 Å². The van der Waals surface area contributed by atoms with Gasteiger partial charge in [-0.25, -0.2) is 0 Å². The maximum absolute atomic E-state index is 12.8. The van der Waals surface area contributed by atoms with Gasteiger partial charge in [0.1, 0.15) is 11.0 Å². The molecule has 0 spiro atoms. The van der Waals surface area contributed by atoms with Crippen molar-refractivity contribution in [3.8, 4) is 11.1 Å². The molecule has 0 amide bonds. The van der Waals surface area contributed by atoms with Gasteiger partial charge in [0.05, 0.1) is 17.3 Å². The zero-order chi connectivity index (χ0) is 16.7. The Bertz CT molecular complexity index is 1130. The van der Waals surface area contributed by atoms with Crippen molar-refractivity contribution < 1.29 is 8.42 Å². The van der Waals surface area contributed by atoms with Crippen LogP contribution in [0.3, 0.4) is 0 Å². The number of aromatic nitrogens is 5. The Balaban J connectivity index is 1.91. The van der Waals surface area contributed by atoms with Gasteiger partial charge in [0, 0.05) is 30.6 Å². The van der Waals surface area contributed by atoms with Gasteiger partial charge < -0.3 is 0 Å². The number of hydrogen-bond donors (Lipinski definition) is 0. The maximum atomic E-state index is 12.8. The van der Waals surface area contributed by atoms with E-state index in [1.165, 1.54) is 6.20 Å². The summed E-state index contributed by atoms with van der Waals surface area (Å²) in [6.45, 7) is 0. The molecular weight excluding hydrogens is 326 g/mol. The first-order chi connectivity index (χ1) is 11.6. The molecule has 120 valence electrons. The van der Waals surface area contributed by atoms with E-state index in [-0.39, 0.29) is 4.90 Å². The lowest BCUT2D eigenvalue weighted by Gasteiger charge is -2.06. The maximum Gasteiger partial charge on any atom is 0.283 e. The zero-order valence-corrected chi connectivity index (χ0v) is 13.6. The van der Waals surface area contributed by atoms with Crippen LogP contribution in [0.25, 0.3) is 22.2 Å². The molecule has 0 radical (unpaired) electrons. The van der Waals surface area contributed by atoms with Gasteiger partial charge in [-0.3, -0.25) is 9.67 Å². The first kappa shape index (κ1) is 14.6. The van der Waals surface area contributed by atoms with Crippen LogP contribution in [0.1, 0.15) is 0 Å². The van der Waals surface area contributed by atoms with Crippen LogP contribution in [-0.4, -0.2) is 32.4 Å². The molecule has 24 heavy (non-hydrogen) atoms. The number of pyridine rings is 1. The summed E-state index contributed by atoms with van der Waals surface area (Å²) >= 11 is 0. The van der Waals surface area contributed by atoms with Crippen molar-refractivity contribution in [2.75, 3.05) is 0 Å². The van der Waals surface area contributed by atoms with E-state index in [1.54, 1.807) is 53.5 Å². The number of benzene rings is 1. The molecule has 7 nitrogen and oxygen atoms in total. The van der Waals surface area contributed by atoms with Crippen LogP contribution < -0.4 is 0 Å². The van der Waals surface area contributed by atoms with Crippen LogP contribution in [0.15, 0.2) is 66.1 Å². The van der Waals surface area contributed by atoms with E-state index in [1.807, 2.05) is 13.2 Å². The van der Waals surface area contributed by atoms with E-state index in [0.717, 1.165) is 15.2 Å². The zero-order valence-electron chi connectivity index (χ0n) is 12.7. The quantitative estimate of drug-likeness (QED) is 0.570. The molecule has 4 rings (SSSR count). The fourth-order valence-electron chi connectivity index (χ4n) is 2.50. The summed E-state index contributed by atoms with van der Waals surface area (Å²) in [6.07, 6.45) is 6.67. The molecule has 8 heteroatoms. The summed E-state index contributed by atoms with van der Waals surface area (Å²) in [5.74, 6) is 0. The summed E-state index contributed by atoms with van der Waals surface area (Å²) in [6, 6.07) is 9.97. The molecule has 0 bridgehead atoms. The standard InChI is InChI=1S/C16H13N5O2S/c1-20-11-13(9-18-20)12-7-16-15(17-8-12)10-19-21(16)24(22,23)14-5-3-2-4-6-14/h2-11H,1H3. The molecule has 0 unspecified atom stereocenters. The molecule has 0 atom stereocenters. The van der Waals surface area contributed by atoms with Gasteiger partial charge in [-0.05, 0) is 18.2 Å². The molecule has 0 N–H and O–H groups in total. The highest BCUT2D eigenvalue weighted by Gasteiger charge is 2.21. The average molecular weight is 339 g/mol. The predicted molar refractivity (Wildman–Crippen MR) is 88.8 cm³/mol. The first-order valence-corrected chi connectivity index (χ1v) is 8.63. The van der Waals surface area contributed by atoms with E-state index >= 15 is 0 Å². The largest absolute Gasteiger partial charge is 0.283 e. The number of hydrogen-bond acceptors (Lipinski definition) is 5. The van der Waals surface area contributed by atoms with Gasteiger partial charge in [-0.15, -0.1) is 0 Å². The van der Waals surface area contributed by atoms with Gasteiger partial charge in [0.15, 0.2) is 0 Å². The van der Waals surface area contributed by atoms with E-state index in [0.29, 0.717) is 11.0 Å². The number of fused-ring (bicyclic) bond motifs is 1. The van der Waals surface area contributed by atoms with Gasteiger partial charge in [0.2, 0.25) is 0 Å². The minimum atomic E-state index is -3.77. The Morgan fingerprint density at radius 2 is 1.75 bits per heavy atom. The Morgan fingerprint density at radius 3 is 2.46 bits per heavy atom. The fourth-order valence-corrected chi connectivity index (χ4v) is 3.77. The lowest BCUT2D eigenvalue weighted by atomic mass is 10.1. The molecule has 1 aromatic carbocycles. The second kappa shape index (κ2) is 5.27. The highest BCUT2D eigenvalue weighted by atomic mass is 32.2. The highest BCUT2D eigenvalue weighted by molar-refractivity contribution is 7.90. The van der Waals surface area contributed by atoms with Crippen molar-refractivity contribution in [1.29, 1.82) is 0 Å².